The number of pyridine rings is 2. The minimum Gasteiger partial charge on any atom is -0.357 e. The molecule has 1 saturated heterocycles. The van der Waals surface area contributed by atoms with Crippen LogP contribution >= 0.6 is 0 Å². The molecule has 0 radical (unpaired) electrons. The first-order valence-corrected chi connectivity index (χ1v) is 8.83. The normalized spacial score (nSPS) is 14.2. The number of fused-ring (bicyclic) bond motifs is 1. The maximum absolute atomic E-state index is 12.2. The van der Waals surface area contributed by atoms with Crippen molar-refractivity contribution < 1.29 is 4.79 Å². The number of aromatic nitrogens is 2. The van der Waals surface area contributed by atoms with Crippen LogP contribution in [0.15, 0.2) is 60.9 Å². The van der Waals surface area contributed by atoms with Crippen LogP contribution in [0.4, 0.5) is 11.5 Å². The van der Waals surface area contributed by atoms with Crippen molar-refractivity contribution in [2.24, 2.45) is 0 Å². The minimum atomic E-state index is -0.186. The van der Waals surface area contributed by atoms with Crippen molar-refractivity contribution in [3.63, 3.8) is 0 Å². The van der Waals surface area contributed by atoms with Crippen LogP contribution in [0.25, 0.3) is 17.0 Å². The second kappa shape index (κ2) is 7.35. The Balaban J connectivity index is 1.44. The van der Waals surface area contributed by atoms with E-state index in [9.17, 15) is 4.79 Å². The Kier molecular flexibility index (Phi) is 4.60. The molecule has 26 heavy (non-hydrogen) atoms. The quantitative estimate of drug-likeness (QED) is 0.730. The number of amides is 1. The van der Waals surface area contributed by atoms with Crippen LogP contribution in [0.1, 0.15) is 18.4 Å². The van der Waals surface area contributed by atoms with Crippen LogP contribution in [-0.4, -0.2) is 29.0 Å². The van der Waals surface area contributed by atoms with Crippen molar-refractivity contribution in [3.05, 3.63) is 66.5 Å². The van der Waals surface area contributed by atoms with E-state index in [1.807, 2.05) is 42.5 Å². The molecule has 0 atom stereocenters. The minimum absolute atomic E-state index is 0.186. The molecule has 1 aliphatic rings. The lowest BCUT2D eigenvalue weighted by Crippen LogP contribution is -2.18. The maximum atomic E-state index is 12.2. The molecule has 1 fully saturated rings. The Labute approximate surface area is 152 Å². The number of anilines is 2. The molecule has 0 saturated carbocycles. The molecule has 0 bridgehead atoms. The van der Waals surface area contributed by atoms with Crippen LogP contribution in [-0.2, 0) is 4.79 Å². The van der Waals surface area contributed by atoms with Gasteiger partial charge in [-0.3, -0.25) is 9.78 Å². The van der Waals surface area contributed by atoms with Gasteiger partial charge < -0.3 is 10.2 Å². The summed E-state index contributed by atoms with van der Waals surface area (Å²) in [5, 5.41) is 3.90. The number of benzene rings is 1. The molecule has 0 unspecified atom stereocenters. The predicted molar refractivity (Wildman–Crippen MR) is 105 cm³/mol. The Hall–Kier alpha value is -3.21. The Bertz CT molecular complexity index is 938. The van der Waals surface area contributed by atoms with Crippen LogP contribution < -0.4 is 10.2 Å². The van der Waals surface area contributed by atoms with E-state index >= 15 is 0 Å². The molecule has 5 heteroatoms. The number of para-hydroxylation sites is 1. The molecular weight excluding hydrogens is 324 g/mol. The third-order valence-corrected chi connectivity index (χ3v) is 4.52. The largest absolute Gasteiger partial charge is 0.357 e. The van der Waals surface area contributed by atoms with E-state index in [1.165, 1.54) is 18.9 Å². The first-order valence-electron chi connectivity index (χ1n) is 8.83. The van der Waals surface area contributed by atoms with E-state index < -0.39 is 0 Å². The number of carbonyl (C=O) groups excluding carboxylic acids is 1. The summed E-state index contributed by atoms with van der Waals surface area (Å²) in [5.41, 5.74) is 2.50. The summed E-state index contributed by atoms with van der Waals surface area (Å²) < 4.78 is 0. The van der Waals surface area contributed by atoms with Crippen LogP contribution in [0.5, 0.6) is 0 Å². The predicted octanol–water partition coefficient (Wildman–Crippen LogP) is 3.88. The summed E-state index contributed by atoms with van der Waals surface area (Å²) in [5.74, 6) is 0.784. The highest BCUT2D eigenvalue weighted by molar-refractivity contribution is 6.03. The summed E-state index contributed by atoms with van der Waals surface area (Å²) in [6, 6.07) is 13.7. The van der Waals surface area contributed by atoms with E-state index in [2.05, 4.69) is 20.2 Å². The van der Waals surface area contributed by atoms with Gasteiger partial charge in [-0.25, -0.2) is 4.98 Å². The number of carbonyl (C=O) groups is 1. The van der Waals surface area contributed by atoms with E-state index in [4.69, 9.17) is 0 Å². The van der Waals surface area contributed by atoms with Crippen molar-refractivity contribution in [3.8, 4) is 0 Å². The molecule has 1 aliphatic heterocycles. The second-order valence-corrected chi connectivity index (χ2v) is 6.34. The van der Waals surface area contributed by atoms with Gasteiger partial charge in [-0.1, -0.05) is 24.3 Å². The highest BCUT2D eigenvalue weighted by atomic mass is 16.1. The van der Waals surface area contributed by atoms with Gasteiger partial charge in [0.2, 0.25) is 5.91 Å². The van der Waals surface area contributed by atoms with Gasteiger partial charge in [-0.15, -0.1) is 0 Å². The van der Waals surface area contributed by atoms with Gasteiger partial charge in [0, 0.05) is 36.3 Å². The van der Waals surface area contributed by atoms with Gasteiger partial charge in [0.25, 0.3) is 0 Å². The van der Waals surface area contributed by atoms with Gasteiger partial charge >= 0.3 is 0 Å². The lowest BCUT2D eigenvalue weighted by atomic mass is 10.1. The Morgan fingerprint density at radius 1 is 1.04 bits per heavy atom. The van der Waals surface area contributed by atoms with Gasteiger partial charge in [0.15, 0.2) is 0 Å². The summed E-state index contributed by atoms with van der Waals surface area (Å²) in [4.78, 5) is 23.3. The zero-order chi connectivity index (χ0) is 17.8. The molecule has 4 rings (SSSR count). The zero-order valence-electron chi connectivity index (χ0n) is 14.4. The number of rotatable bonds is 4. The summed E-state index contributed by atoms with van der Waals surface area (Å²) in [6.07, 6.45) is 9.21. The average Bonchev–Trinajstić information content (AvgIpc) is 3.22. The van der Waals surface area contributed by atoms with E-state index in [1.54, 1.807) is 18.5 Å². The summed E-state index contributed by atoms with van der Waals surface area (Å²) >= 11 is 0. The fraction of sp³-hybridized carbons (Fsp3) is 0.190. The number of nitrogens with zero attached hydrogens (tertiary/aromatic N) is 3. The lowest BCUT2D eigenvalue weighted by molar-refractivity contribution is -0.111. The molecule has 1 N–H and O–H groups in total. The maximum Gasteiger partial charge on any atom is 0.248 e. The fourth-order valence-corrected chi connectivity index (χ4v) is 3.20. The Morgan fingerprint density at radius 3 is 2.69 bits per heavy atom. The number of nitrogens with one attached hydrogen (secondary N) is 1. The first kappa shape index (κ1) is 16.3. The molecule has 5 nitrogen and oxygen atoms in total. The van der Waals surface area contributed by atoms with E-state index in [0.717, 1.165) is 35.4 Å². The van der Waals surface area contributed by atoms with E-state index in [-0.39, 0.29) is 5.91 Å². The van der Waals surface area contributed by atoms with Crippen molar-refractivity contribution in [2.75, 3.05) is 23.3 Å². The van der Waals surface area contributed by atoms with Crippen LogP contribution in [0, 0.1) is 0 Å². The Morgan fingerprint density at radius 2 is 1.88 bits per heavy atom. The SMILES string of the molecule is O=C(/C=C/c1cccc2cccnc12)Nc1ccc(N2CCCC2)nc1. The van der Waals surface area contributed by atoms with Crippen molar-refractivity contribution in [2.45, 2.75) is 12.8 Å². The topological polar surface area (TPSA) is 58.1 Å². The molecule has 130 valence electrons. The number of hydrogen-bond acceptors (Lipinski definition) is 4. The highest BCUT2D eigenvalue weighted by Crippen LogP contribution is 2.19. The average molecular weight is 344 g/mol. The van der Waals surface area contributed by atoms with Gasteiger partial charge in [-0.2, -0.15) is 0 Å². The fourth-order valence-electron chi connectivity index (χ4n) is 3.20. The zero-order valence-corrected chi connectivity index (χ0v) is 14.4. The van der Waals surface area contributed by atoms with Gasteiger partial charge in [0.05, 0.1) is 17.4 Å². The standard InChI is InChI=1S/C21H20N4O/c26-20(11-8-17-6-3-5-16-7-4-12-22-21(16)17)24-18-9-10-19(23-15-18)25-13-1-2-14-25/h3-12,15H,1-2,13-14H2,(H,24,26)/b11-8+. The molecular formula is C21H20N4O. The van der Waals surface area contributed by atoms with Gasteiger partial charge in [-0.05, 0) is 37.1 Å². The molecule has 0 spiro atoms. The van der Waals surface area contributed by atoms with Crippen LogP contribution in [0.2, 0.25) is 0 Å². The third kappa shape index (κ3) is 3.57. The van der Waals surface area contributed by atoms with Crippen molar-refractivity contribution in [1.29, 1.82) is 0 Å². The molecule has 3 aromatic rings. The van der Waals surface area contributed by atoms with E-state index in [0.29, 0.717) is 5.69 Å². The summed E-state index contributed by atoms with van der Waals surface area (Å²) in [6.45, 7) is 2.11. The third-order valence-electron chi connectivity index (χ3n) is 4.52. The van der Waals surface area contributed by atoms with Crippen molar-refractivity contribution >= 4 is 34.4 Å². The molecule has 1 amide bonds. The first-order chi connectivity index (χ1) is 12.8. The lowest BCUT2D eigenvalue weighted by Gasteiger charge is -2.16. The van der Waals surface area contributed by atoms with Crippen LogP contribution in [0.3, 0.4) is 0 Å². The second-order valence-electron chi connectivity index (χ2n) is 6.34. The molecule has 0 aliphatic carbocycles. The molecule has 1 aromatic carbocycles. The molecule has 2 aromatic heterocycles. The van der Waals surface area contributed by atoms with Gasteiger partial charge in [0.1, 0.15) is 5.82 Å². The smallest absolute Gasteiger partial charge is 0.248 e. The highest BCUT2D eigenvalue weighted by Gasteiger charge is 2.13. The van der Waals surface area contributed by atoms with Crippen molar-refractivity contribution in [1.82, 2.24) is 9.97 Å². The molecule has 3 heterocycles. The monoisotopic (exact) mass is 344 g/mol. The summed E-state index contributed by atoms with van der Waals surface area (Å²) in [7, 11) is 0. The number of hydrogen-bond donors (Lipinski definition) is 1.